The van der Waals surface area contributed by atoms with Crippen LogP contribution in [0.4, 0.5) is 4.79 Å². The number of likely N-dealkylation sites (tertiary alicyclic amines) is 1. The summed E-state index contributed by atoms with van der Waals surface area (Å²) in [5, 5.41) is 9.62. The molecule has 2 aromatic carbocycles. The summed E-state index contributed by atoms with van der Waals surface area (Å²) >= 11 is 1.57. The van der Waals surface area contributed by atoms with Crippen molar-refractivity contribution >= 4 is 33.8 Å². The van der Waals surface area contributed by atoms with E-state index in [-0.39, 0.29) is 29.2 Å². The number of nitrogens with zero attached hydrogens (tertiary/aromatic N) is 2. The minimum atomic E-state index is -4.02. The third kappa shape index (κ3) is 6.92. The van der Waals surface area contributed by atoms with Gasteiger partial charge in [-0.15, -0.1) is 4.41 Å². The molecule has 0 radical (unpaired) electrons. The molecule has 2 N–H and O–H groups in total. The lowest BCUT2D eigenvalue weighted by atomic mass is 10.2. The topological polar surface area (TPSA) is 116 Å². The first kappa shape index (κ1) is 27.8. The molecule has 2 aromatic rings. The highest BCUT2D eigenvalue weighted by molar-refractivity contribution is 7.99. The number of rotatable bonds is 10. The zero-order valence-corrected chi connectivity index (χ0v) is 22.5. The molecule has 3 rings (SSSR count). The third-order valence-electron chi connectivity index (χ3n) is 5.83. The smallest absolute Gasteiger partial charge is 0.408 e. The van der Waals surface area contributed by atoms with Gasteiger partial charge in [-0.25, -0.2) is 13.2 Å². The van der Waals surface area contributed by atoms with Crippen LogP contribution < -0.4 is 10.2 Å². The molecule has 1 aliphatic rings. The van der Waals surface area contributed by atoms with Crippen LogP contribution in [0, 0.1) is 12.8 Å². The fourth-order valence-corrected chi connectivity index (χ4v) is 6.53. The Labute approximate surface area is 216 Å². The zero-order valence-electron chi connectivity index (χ0n) is 20.9. The van der Waals surface area contributed by atoms with E-state index in [0.717, 1.165) is 26.2 Å². The fraction of sp³-hybridized carbons (Fsp3) is 0.440. The maximum absolute atomic E-state index is 13.3. The largest absolute Gasteiger partial charge is 0.497 e. The van der Waals surface area contributed by atoms with E-state index >= 15 is 0 Å². The molecule has 36 heavy (non-hydrogen) atoms. The predicted molar refractivity (Wildman–Crippen MR) is 139 cm³/mol. The Bertz CT molecular complexity index is 1150. The fourth-order valence-electron chi connectivity index (χ4n) is 3.88. The van der Waals surface area contributed by atoms with Crippen LogP contribution in [0.25, 0.3) is 0 Å². The van der Waals surface area contributed by atoms with Crippen LogP contribution in [0.3, 0.4) is 0 Å². The number of methoxy groups -OCH3 is 1. The minimum absolute atomic E-state index is 0.0530. The maximum Gasteiger partial charge on any atom is 0.408 e. The van der Waals surface area contributed by atoms with Crippen molar-refractivity contribution < 1.29 is 27.9 Å². The molecular weight excluding hydrogens is 502 g/mol. The molecule has 0 aromatic heterocycles. The second-order valence-corrected chi connectivity index (χ2v) is 12.3. The highest BCUT2D eigenvalue weighted by atomic mass is 32.2. The highest BCUT2D eigenvalue weighted by Crippen LogP contribution is 2.31. The van der Waals surface area contributed by atoms with E-state index in [1.807, 2.05) is 45.0 Å². The molecule has 0 unspecified atom stereocenters. The Balaban J connectivity index is 1.72. The lowest BCUT2D eigenvalue weighted by Gasteiger charge is -2.27. The van der Waals surface area contributed by atoms with Crippen LogP contribution >= 0.6 is 11.8 Å². The number of hydrazine groups is 1. The average molecular weight is 536 g/mol. The van der Waals surface area contributed by atoms with E-state index in [1.165, 1.54) is 12.1 Å². The van der Waals surface area contributed by atoms with Crippen molar-refractivity contribution in [3.05, 3.63) is 59.7 Å². The summed E-state index contributed by atoms with van der Waals surface area (Å²) in [4.78, 5) is 26.3. The summed E-state index contributed by atoms with van der Waals surface area (Å²) < 4.78 is 32.7. The Morgan fingerprint density at radius 3 is 2.36 bits per heavy atom. The van der Waals surface area contributed by atoms with Gasteiger partial charge in [-0.1, -0.05) is 43.7 Å². The molecule has 0 bridgehead atoms. The van der Waals surface area contributed by atoms with Crippen molar-refractivity contribution in [1.82, 2.24) is 14.7 Å². The number of hydrogen-bond donors (Lipinski definition) is 2. The number of sulfonamides is 1. The lowest BCUT2D eigenvalue weighted by Crippen LogP contribution is -2.54. The molecule has 1 fully saturated rings. The molecule has 9 nitrogen and oxygen atoms in total. The van der Waals surface area contributed by atoms with E-state index in [9.17, 15) is 23.1 Å². The monoisotopic (exact) mass is 535 g/mol. The second kappa shape index (κ2) is 12.0. The van der Waals surface area contributed by atoms with Crippen LogP contribution in [0.5, 0.6) is 5.75 Å². The number of amides is 2. The summed E-state index contributed by atoms with van der Waals surface area (Å²) in [7, 11) is -2.42. The molecular formula is C25H33N3O6S2. The molecule has 1 heterocycles. The van der Waals surface area contributed by atoms with Crippen LogP contribution in [-0.4, -0.2) is 66.3 Å². The highest BCUT2D eigenvalue weighted by Gasteiger charge is 2.41. The molecule has 2 amide bonds. The molecule has 11 heteroatoms. The van der Waals surface area contributed by atoms with Gasteiger partial charge >= 0.3 is 6.09 Å². The number of hydrogen-bond acceptors (Lipinski definition) is 6. The van der Waals surface area contributed by atoms with Crippen molar-refractivity contribution in [1.29, 1.82) is 0 Å². The molecule has 0 spiro atoms. The summed E-state index contributed by atoms with van der Waals surface area (Å²) in [6, 6.07) is 13.0. The molecule has 196 valence electrons. The first-order valence-corrected chi connectivity index (χ1v) is 14.1. The van der Waals surface area contributed by atoms with Gasteiger partial charge in [0.1, 0.15) is 11.8 Å². The number of carbonyl (C=O) groups is 2. The van der Waals surface area contributed by atoms with Gasteiger partial charge in [0.15, 0.2) is 0 Å². The number of aryl methyl sites for hydroxylation is 1. The molecule has 1 saturated heterocycles. The number of nitrogens with one attached hydrogen (secondary N) is 1. The Hall–Kier alpha value is -2.76. The first-order chi connectivity index (χ1) is 17.0. The van der Waals surface area contributed by atoms with Gasteiger partial charge in [-0.2, -0.15) is 11.8 Å². The zero-order chi connectivity index (χ0) is 26.5. The number of benzene rings is 2. The maximum atomic E-state index is 13.3. The van der Waals surface area contributed by atoms with E-state index in [2.05, 4.69) is 5.43 Å². The van der Waals surface area contributed by atoms with Gasteiger partial charge in [-0.3, -0.25) is 15.1 Å². The van der Waals surface area contributed by atoms with Crippen molar-refractivity contribution in [3.63, 3.8) is 0 Å². The van der Waals surface area contributed by atoms with Gasteiger partial charge in [0.05, 0.1) is 12.0 Å². The molecule has 0 saturated carbocycles. The van der Waals surface area contributed by atoms with E-state index in [1.54, 1.807) is 31.0 Å². The number of carbonyl (C=O) groups excluding carboxylic acids is 1. The molecule has 0 aliphatic carbocycles. The van der Waals surface area contributed by atoms with Crippen molar-refractivity contribution in [3.8, 4) is 5.75 Å². The van der Waals surface area contributed by atoms with Gasteiger partial charge < -0.3 is 9.84 Å². The Kier molecular flexibility index (Phi) is 9.26. The second-order valence-electron chi connectivity index (χ2n) is 9.19. The summed E-state index contributed by atoms with van der Waals surface area (Å²) in [5.41, 5.74) is 4.48. The Morgan fingerprint density at radius 2 is 1.81 bits per heavy atom. The number of ether oxygens (including phenoxy) is 1. The van der Waals surface area contributed by atoms with Crippen molar-refractivity contribution in [2.45, 2.75) is 49.1 Å². The van der Waals surface area contributed by atoms with E-state index in [0.29, 0.717) is 12.2 Å². The molecule has 2 atom stereocenters. The first-order valence-electron chi connectivity index (χ1n) is 11.6. The summed E-state index contributed by atoms with van der Waals surface area (Å²) in [6.45, 7) is 5.78. The summed E-state index contributed by atoms with van der Waals surface area (Å²) in [5.74, 6) is 0.682. The predicted octanol–water partition coefficient (Wildman–Crippen LogP) is 3.74. The molecule has 1 aliphatic heterocycles. The van der Waals surface area contributed by atoms with Crippen molar-refractivity contribution in [2.24, 2.45) is 5.92 Å². The van der Waals surface area contributed by atoms with Gasteiger partial charge in [0.25, 0.3) is 15.9 Å². The van der Waals surface area contributed by atoms with E-state index in [4.69, 9.17) is 4.74 Å². The van der Waals surface area contributed by atoms with Crippen LogP contribution in [-0.2, 0) is 20.6 Å². The van der Waals surface area contributed by atoms with Crippen LogP contribution in [0.15, 0.2) is 53.4 Å². The standard InChI is InChI=1S/C25H33N3O6S2/c1-17(2)14-28(36(32,33)22-11-5-18(3)6-12-22)26-24(29)23-13-21(15-27(23)25(30)31)35-16-19-7-9-20(34-4)10-8-19/h5-12,17,21,23H,13-16H2,1-4H3,(H,26,29)(H,30,31)/t21-,23+/m1/s1. The Morgan fingerprint density at radius 1 is 1.17 bits per heavy atom. The third-order valence-corrected chi connectivity index (χ3v) is 8.83. The quantitative estimate of drug-likeness (QED) is 0.445. The van der Waals surface area contributed by atoms with Crippen molar-refractivity contribution in [2.75, 3.05) is 20.2 Å². The van der Waals surface area contributed by atoms with Crippen LogP contribution in [0.1, 0.15) is 31.4 Å². The summed E-state index contributed by atoms with van der Waals surface area (Å²) in [6.07, 6.45) is -0.918. The van der Waals surface area contributed by atoms with E-state index < -0.39 is 28.1 Å². The minimum Gasteiger partial charge on any atom is -0.497 e. The van der Waals surface area contributed by atoms with Gasteiger partial charge in [0.2, 0.25) is 0 Å². The van der Waals surface area contributed by atoms with Crippen LogP contribution in [0.2, 0.25) is 0 Å². The number of carboxylic acid groups (broad SMARTS) is 1. The number of thioether (sulfide) groups is 1. The SMILES string of the molecule is COc1ccc(CS[C@@H]2C[C@@H](C(=O)NN(CC(C)C)S(=O)(=O)c3ccc(C)cc3)N(C(=O)O)C2)cc1. The average Bonchev–Trinajstić information content (AvgIpc) is 3.27. The van der Waals surface area contributed by atoms with Gasteiger partial charge in [0, 0.05) is 24.1 Å². The lowest BCUT2D eigenvalue weighted by molar-refractivity contribution is -0.128. The van der Waals surface area contributed by atoms with Gasteiger partial charge in [-0.05, 0) is 49.1 Å². The normalized spacial score (nSPS) is 18.0.